The van der Waals surface area contributed by atoms with Crippen molar-refractivity contribution >= 4 is 34.7 Å². The number of halogens is 1. The molecule has 0 saturated heterocycles. The lowest BCUT2D eigenvalue weighted by molar-refractivity contribution is -0.384. The molecule has 0 amide bonds. The number of allylic oxidation sites excluding steroid dienone is 2. The van der Waals surface area contributed by atoms with Crippen LogP contribution in [0.5, 0.6) is 5.75 Å². The highest BCUT2D eigenvalue weighted by Crippen LogP contribution is 2.47. The third kappa shape index (κ3) is 4.25. The number of nitro benzene ring substituents is 1. The van der Waals surface area contributed by atoms with E-state index in [0.717, 1.165) is 5.56 Å². The number of nitrogens with zero attached hydrogens (tertiary/aromatic N) is 1. The summed E-state index contributed by atoms with van der Waals surface area (Å²) < 4.78 is 10.9. The summed E-state index contributed by atoms with van der Waals surface area (Å²) >= 11 is 6.58. The number of methoxy groups -OCH3 is 1. The summed E-state index contributed by atoms with van der Waals surface area (Å²) in [7, 11) is 1.30. The number of carbonyl (C=O) groups is 2. The number of hydrogen-bond donors (Lipinski definition) is 1. The van der Waals surface area contributed by atoms with Gasteiger partial charge in [0.2, 0.25) is 0 Å². The first-order valence-corrected chi connectivity index (χ1v) is 11.8. The van der Waals surface area contributed by atoms with E-state index in [9.17, 15) is 19.7 Å². The highest BCUT2D eigenvalue weighted by Gasteiger charge is 2.42. The van der Waals surface area contributed by atoms with Gasteiger partial charge < -0.3 is 14.8 Å². The number of non-ortho nitro benzene ring substituents is 1. The molecule has 1 aliphatic heterocycles. The van der Waals surface area contributed by atoms with Crippen LogP contribution >= 0.6 is 11.6 Å². The molecule has 1 aliphatic carbocycles. The van der Waals surface area contributed by atoms with Gasteiger partial charge in [0.1, 0.15) is 12.4 Å². The van der Waals surface area contributed by atoms with Crippen molar-refractivity contribution < 1.29 is 24.0 Å². The van der Waals surface area contributed by atoms with E-state index >= 15 is 0 Å². The predicted octanol–water partition coefficient (Wildman–Crippen LogP) is 5.57. The number of Topliss-reactive ketones (excluding diaryl/α,β-unsaturated/α-hetero) is 1. The number of ether oxygens (including phenoxy) is 2. The molecule has 8 nitrogen and oxygen atoms in total. The molecule has 1 heterocycles. The SMILES string of the molecule is COC(=O)C1=C(C)NC2=C(C(=O)c3ccccc32)C1c1ccc(OCc2cccc([N+](=O)[O-])c2)c(Cl)c1. The number of rotatable bonds is 6. The minimum atomic E-state index is -0.702. The van der Waals surface area contributed by atoms with E-state index < -0.39 is 16.8 Å². The van der Waals surface area contributed by atoms with Crippen LogP contribution in [0.1, 0.15) is 39.9 Å². The summed E-state index contributed by atoms with van der Waals surface area (Å²) in [5.74, 6) is -1.06. The summed E-state index contributed by atoms with van der Waals surface area (Å²) in [6, 6.07) is 18.5. The second kappa shape index (κ2) is 9.55. The minimum Gasteiger partial charge on any atom is -0.487 e. The lowest BCUT2D eigenvalue weighted by atomic mass is 9.80. The van der Waals surface area contributed by atoms with Gasteiger partial charge in [-0.2, -0.15) is 0 Å². The predicted molar refractivity (Wildman–Crippen MR) is 137 cm³/mol. The maximum Gasteiger partial charge on any atom is 0.336 e. The van der Waals surface area contributed by atoms with Crippen molar-refractivity contribution in [1.29, 1.82) is 0 Å². The highest BCUT2D eigenvalue weighted by molar-refractivity contribution is 6.32. The second-order valence-corrected chi connectivity index (χ2v) is 9.06. The molecule has 1 unspecified atom stereocenters. The first-order chi connectivity index (χ1) is 17.8. The van der Waals surface area contributed by atoms with E-state index in [1.807, 2.05) is 12.1 Å². The Kier molecular flexibility index (Phi) is 6.27. The molecule has 0 bridgehead atoms. The molecule has 2 aliphatic rings. The summed E-state index contributed by atoms with van der Waals surface area (Å²) in [6.45, 7) is 1.84. The fourth-order valence-electron chi connectivity index (χ4n) is 4.78. The standard InChI is InChI=1S/C28H21ClN2O6/c1-15-23(28(33)36-2)24(25-26(30-15)19-8-3-4-9-20(19)27(25)32)17-10-11-22(21(29)13-17)37-14-16-6-5-7-18(12-16)31(34)35/h3-13,24,30H,14H2,1-2H3. The maximum atomic E-state index is 13.5. The monoisotopic (exact) mass is 516 g/mol. The van der Waals surface area contributed by atoms with Crippen LogP contribution in [0.2, 0.25) is 5.02 Å². The van der Waals surface area contributed by atoms with Crippen LogP contribution in [0.3, 0.4) is 0 Å². The van der Waals surface area contributed by atoms with Crippen LogP contribution in [0.4, 0.5) is 5.69 Å². The fraction of sp³-hybridized carbons (Fsp3) is 0.143. The first-order valence-electron chi connectivity index (χ1n) is 11.4. The van der Waals surface area contributed by atoms with Crippen LogP contribution < -0.4 is 10.1 Å². The molecule has 3 aromatic carbocycles. The van der Waals surface area contributed by atoms with E-state index in [2.05, 4.69) is 5.32 Å². The van der Waals surface area contributed by atoms with Crippen molar-refractivity contribution in [1.82, 2.24) is 5.32 Å². The zero-order chi connectivity index (χ0) is 26.3. The van der Waals surface area contributed by atoms with Crippen LogP contribution in [0.25, 0.3) is 5.70 Å². The van der Waals surface area contributed by atoms with Gasteiger partial charge in [-0.15, -0.1) is 0 Å². The molecule has 0 radical (unpaired) electrons. The van der Waals surface area contributed by atoms with Crippen LogP contribution in [0, 0.1) is 10.1 Å². The van der Waals surface area contributed by atoms with Crippen LogP contribution in [-0.4, -0.2) is 23.8 Å². The minimum absolute atomic E-state index is 0.0303. The third-order valence-corrected chi connectivity index (χ3v) is 6.75. The number of nitro groups is 1. The summed E-state index contributed by atoms with van der Waals surface area (Å²) in [6.07, 6.45) is 0. The summed E-state index contributed by atoms with van der Waals surface area (Å²) in [5.41, 5.74) is 4.58. The van der Waals surface area contributed by atoms with E-state index in [0.29, 0.717) is 45.0 Å². The van der Waals surface area contributed by atoms with E-state index in [1.54, 1.807) is 49.4 Å². The summed E-state index contributed by atoms with van der Waals surface area (Å²) in [4.78, 5) is 36.9. The number of esters is 1. The number of dihydropyridines is 1. The van der Waals surface area contributed by atoms with Crippen molar-refractivity contribution in [3.05, 3.63) is 121 Å². The Morgan fingerprint density at radius 3 is 2.54 bits per heavy atom. The Morgan fingerprint density at radius 1 is 1.08 bits per heavy atom. The molecule has 0 aromatic heterocycles. The Morgan fingerprint density at radius 2 is 1.84 bits per heavy atom. The lowest BCUT2D eigenvalue weighted by Gasteiger charge is -2.29. The average Bonchev–Trinajstić information content (AvgIpc) is 3.18. The van der Waals surface area contributed by atoms with Crippen molar-refractivity contribution in [2.45, 2.75) is 19.4 Å². The molecular weight excluding hydrogens is 496 g/mol. The quantitative estimate of drug-likeness (QED) is 0.259. The number of nitrogens with one attached hydrogen (secondary N) is 1. The smallest absolute Gasteiger partial charge is 0.336 e. The molecule has 3 aromatic rings. The molecule has 1 N–H and O–H groups in total. The van der Waals surface area contributed by atoms with E-state index in [4.69, 9.17) is 21.1 Å². The van der Waals surface area contributed by atoms with Crippen molar-refractivity contribution in [3.63, 3.8) is 0 Å². The Balaban J connectivity index is 1.51. The van der Waals surface area contributed by atoms with Crippen molar-refractivity contribution in [3.8, 4) is 5.75 Å². The van der Waals surface area contributed by atoms with Gasteiger partial charge >= 0.3 is 5.97 Å². The van der Waals surface area contributed by atoms with Gasteiger partial charge in [0, 0.05) is 40.4 Å². The number of carbonyl (C=O) groups excluding carboxylic acids is 2. The van der Waals surface area contributed by atoms with Gasteiger partial charge in [-0.05, 0) is 30.2 Å². The number of ketones is 1. The topological polar surface area (TPSA) is 108 Å². The van der Waals surface area contributed by atoms with Gasteiger partial charge in [0.05, 0.1) is 28.3 Å². The Labute approximate surface area is 217 Å². The van der Waals surface area contributed by atoms with E-state index in [-0.39, 0.29) is 23.1 Å². The van der Waals surface area contributed by atoms with Gasteiger partial charge in [-0.1, -0.05) is 54.1 Å². The fourth-order valence-corrected chi connectivity index (χ4v) is 5.02. The highest BCUT2D eigenvalue weighted by atomic mass is 35.5. The van der Waals surface area contributed by atoms with Crippen molar-refractivity contribution in [2.24, 2.45) is 0 Å². The van der Waals surface area contributed by atoms with Gasteiger partial charge in [0.25, 0.3) is 5.69 Å². The molecule has 9 heteroatoms. The maximum absolute atomic E-state index is 13.5. The van der Waals surface area contributed by atoms with Crippen molar-refractivity contribution in [2.75, 3.05) is 7.11 Å². The number of fused-ring (bicyclic) bond motifs is 2. The zero-order valence-corrected chi connectivity index (χ0v) is 20.7. The molecule has 0 spiro atoms. The molecule has 0 fully saturated rings. The van der Waals surface area contributed by atoms with Gasteiger partial charge in [-0.3, -0.25) is 14.9 Å². The van der Waals surface area contributed by atoms with Crippen LogP contribution in [-0.2, 0) is 16.1 Å². The average molecular weight is 517 g/mol. The first kappa shape index (κ1) is 24.3. The number of hydrogen-bond acceptors (Lipinski definition) is 7. The van der Waals surface area contributed by atoms with Gasteiger partial charge in [0.15, 0.2) is 5.78 Å². The molecule has 37 heavy (non-hydrogen) atoms. The molecule has 5 rings (SSSR count). The Hall–Kier alpha value is -4.43. The molecule has 0 saturated carbocycles. The molecular formula is C28H21ClN2O6. The largest absolute Gasteiger partial charge is 0.487 e. The molecule has 1 atom stereocenters. The van der Waals surface area contributed by atoms with Crippen LogP contribution in [0.15, 0.2) is 83.6 Å². The number of benzene rings is 3. The lowest BCUT2D eigenvalue weighted by Crippen LogP contribution is -2.29. The normalized spacial score (nSPS) is 16.2. The van der Waals surface area contributed by atoms with E-state index in [1.165, 1.54) is 19.2 Å². The zero-order valence-electron chi connectivity index (χ0n) is 19.9. The Bertz CT molecular complexity index is 1540. The molecule has 186 valence electrons. The third-order valence-electron chi connectivity index (χ3n) is 6.46. The van der Waals surface area contributed by atoms with Gasteiger partial charge in [-0.25, -0.2) is 4.79 Å². The summed E-state index contributed by atoms with van der Waals surface area (Å²) in [5, 5.41) is 14.5. The second-order valence-electron chi connectivity index (χ2n) is 8.66.